The first kappa shape index (κ1) is 20.0. The Morgan fingerprint density at radius 2 is 1.97 bits per heavy atom. The second-order valence-corrected chi connectivity index (χ2v) is 7.61. The summed E-state index contributed by atoms with van der Waals surface area (Å²) in [7, 11) is 1.61. The molecule has 30 heavy (non-hydrogen) atoms. The summed E-state index contributed by atoms with van der Waals surface area (Å²) in [5.41, 5.74) is 4.96. The first-order chi connectivity index (χ1) is 14.5. The van der Waals surface area contributed by atoms with Gasteiger partial charge >= 0.3 is 0 Å². The zero-order valence-electron chi connectivity index (χ0n) is 17.1. The van der Waals surface area contributed by atoms with Gasteiger partial charge in [-0.1, -0.05) is 11.6 Å². The molecule has 0 fully saturated rings. The zero-order valence-corrected chi connectivity index (χ0v) is 17.9. The number of aromatic amines is 2. The van der Waals surface area contributed by atoms with Crippen LogP contribution < -0.4 is 10.3 Å². The molecule has 154 valence electrons. The normalized spacial score (nSPS) is 11.9. The molecule has 0 amide bonds. The van der Waals surface area contributed by atoms with Gasteiger partial charge in [0.25, 0.3) is 5.56 Å². The third-order valence-corrected chi connectivity index (χ3v) is 5.46. The molecule has 0 atom stereocenters. The average molecular weight is 423 g/mol. The van der Waals surface area contributed by atoms with Crippen LogP contribution >= 0.6 is 11.6 Å². The highest BCUT2D eigenvalue weighted by Crippen LogP contribution is 2.23. The van der Waals surface area contributed by atoms with Crippen molar-refractivity contribution < 1.29 is 4.74 Å². The van der Waals surface area contributed by atoms with E-state index in [9.17, 15) is 4.79 Å². The van der Waals surface area contributed by atoms with Crippen molar-refractivity contribution in [3.63, 3.8) is 0 Å². The number of rotatable bonds is 6. The van der Waals surface area contributed by atoms with Crippen molar-refractivity contribution >= 4 is 28.2 Å². The van der Waals surface area contributed by atoms with Crippen molar-refractivity contribution in [1.82, 2.24) is 14.8 Å². The lowest BCUT2D eigenvalue weighted by molar-refractivity contribution is 0.414. The minimum absolute atomic E-state index is 0.113. The fraction of sp³-hybridized carbons (Fsp3) is 0.217. The van der Waals surface area contributed by atoms with Gasteiger partial charge in [0.1, 0.15) is 5.75 Å². The number of hydrogen-bond donors (Lipinski definition) is 2. The molecular weight excluding hydrogens is 400 g/mol. The highest BCUT2D eigenvalue weighted by Gasteiger charge is 2.15. The SMILES string of the molecule is COc1ccc(-n2[nH]c(C)c(C(C)=NCCc3c[nH]c4ccc(Cl)cc34)c2=O)cc1. The summed E-state index contributed by atoms with van der Waals surface area (Å²) in [6.07, 6.45) is 2.75. The number of aryl methyl sites for hydroxylation is 1. The number of methoxy groups -OCH3 is 1. The second-order valence-electron chi connectivity index (χ2n) is 7.17. The molecule has 0 spiro atoms. The predicted molar refractivity (Wildman–Crippen MR) is 122 cm³/mol. The van der Waals surface area contributed by atoms with Gasteiger partial charge in [-0.05, 0) is 68.3 Å². The highest BCUT2D eigenvalue weighted by atomic mass is 35.5. The molecule has 0 aliphatic heterocycles. The predicted octanol–water partition coefficient (Wildman–Crippen LogP) is 4.67. The van der Waals surface area contributed by atoms with Crippen LogP contribution in [0.15, 0.2) is 58.4 Å². The lowest BCUT2D eigenvalue weighted by Gasteiger charge is -2.03. The maximum atomic E-state index is 13.0. The van der Waals surface area contributed by atoms with Crippen molar-refractivity contribution in [2.75, 3.05) is 13.7 Å². The highest BCUT2D eigenvalue weighted by molar-refractivity contribution is 6.31. The topological polar surface area (TPSA) is 75.2 Å². The van der Waals surface area contributed by atoms with Gasteiger partial charge in [-0.3, -0.25) is 14.9 Å². The molecule has 0 saturated heterocycles. The van der Waals surface area contributed by atoms with Crippen LogP contribution in [0.5, 0.6) is 5.75 Å². The molecule has 0 bridgehead atoms. The standard InChI is InChI=1S/C23H23ClN4O2/c1-14(25-11-10-16-13-26-21-9-4-17(24)12-20(16)21)22-15(2)27-28(23(22)29)18-5-7-19(30-3)8-6-18/h4-9,12-13,26-27H,10-11H2,1-3H3. The minimum Gasteiger partial charge on any atom is -0.497 e. The van der Waals surface area contributed by atoms with Crippen molar-refractivity contribution in [2.45, 2.75) is 20.3 Å². The van der Waals surface area contributed by atoms with E-state index in [2.05, 4.69) is 15.1 Å². The Morgan fingerprint density at radius 1 is 1.20 bits per heavy atom. The van der Waals surface area contributed by atoms with Crippen LogP contribution in [-0.4, -0.2) is 34.1 Å². The summed E-state index contributed by atoms with van der Waals surface area (Å²) in [6, 6.07) is 13.1. The monoisotopic (exact) mass is 422 g/mol. The van der Waals surface area contributed by atoms with Crippen LogP contribution in [0.4, 0.5) is 0 Å². The lowest BCUT2D eigenvalue weighted by atomic mass is 10.1. The van der Waals surface area contributed by atoms with E-state index in [0.717, 1.165) is 45.7 Å². The summed E-state index contributed by atoms with van der Waals surface area (Å²) >= 11 is 6.13. The smallest absolute Gasteiger partial charge is 0.280 e. The van der Waals surface area contributed by atoms with Crippen molar-refractivity contribution in [1.29, 1.82) is 0 Å². The largest absolute Gasteiger partial charge is 0.497 e. The zero-order chi connectivity index (χ0) is 21.3. The van der Waals surface area contributed by atoms with Crippen molar-refractivity contribution in [3.8, 4) is 11.4 Å². The molecule has 2 aromatic heterocycles. The Kier molecular flexibility index (Phi) is 5.50. The Bertz CT molecular complexity index is 1280. The van der Waals surface area contributed by atoms with Gasteiger partial charge in [0.2, 0.25) is 0 Å². The van der Waals surface area contributed by atoms with E-state index >= 15 is 0 Å². The summed E-state index contributed by atoms with van der Waals surface area (Å²) in [6.45, 7) is 4.34. The Labute approximate surface area is 179 Å². The first-order valence-corrected chi connectivity index (χ1v) is 10.1. The molecular formula is C23H23ClN4O2. The van der Waals surface area contributed by atoms with Gasteiger partial charge in [0.15, 0.2) is 0 Å². The van der Waals surface area contributed by atoms with E-state index in [4.69, 9.17) is 16.3 Å². The van der Waals surface area contributed by atoms with E-state index < -0.39 is 0 Å². The van der Waals surface area contributed by atoms with Gasteiger partial charge < -0.3 is 9.72 Å². The third kappa shape index (κ3) is 3.78. The van der Waals surface area contributed by atoms with Crippen LogP contribution in [-0.2, 0) is 6.42 Å². The summed E-state index contributed by atoms with van der Waals surface area (Å²) in [5, 5.41) is 4.96. The minimum atomic E-state index is -0.113. The third-order valence-electron chi connectivity index (χ3n) is 5.22. The number of ether oxygens (including phenoxy) is 1. The molecule has 0 aliphatic carbocycles. The number of nitrogens with zero attached hydrogens (tertiary/aromatic N) is 2. The molecule has 6 nitrogen and oxygen atoms in total. The number of hydrogen-bond acceptors (Lipinski definition) is 3. The van der Waals surface area contributed by atoms with E-state index in [1.165, 1.54) is 4.68 Å². The second kappa shape index (κ2) is 8.24. The maximum absolute atomic E-state index is 13.0. The molecule has 2 heterocycles. The fourth-order valence-electron chi connectivity index (χ4n) is 3.67. The molecule has 0 radical (unpaired) electrons. The Balaban J connectivity index is 1.56. The quantitative estimate of drug-likeness (QED) is 0.443. The molecule has 0 aliphatic rings. The van der Waals surface area contributed by atoms with Gasteiger partial charge in [-0.15, -0.1) is 0 Å². The van der Waals surface area contributed by atoms with Gasteiger partial charge in [0, 0.05) is 40.1 Å². The fourth-order valence-corrected chi connectivity index (χ4v) is 3.84. The number of H-pyrrole nitrogens is 2. The van der Waals surface area contributed by atoms with Crippen LogP contribution in [0.3, 0.4) is 0 Å². The number of aromatic nitrogens is 3. The molecule has 0 saturated carbocycles. The van der Waals surface area contributed by atoms with Crippen LogP contribution in [0.1, 0.15) is 23.7 Å². The van der Waals surface area contributed by atoms with Crippen molar-refractivity contribution in [3.05, 3.63) is 80.9 Å². The van der Waals surface area contributed by atoms with E-state index in [-0.39, 0.29) is 5.56 Å². The molecule has 0 unspecified atom stereocenters. The number of halogens is 1. The summed E-state index contributed by atoms with van der Waals surface area (Å²) in [4.78, 5) is 20.9. The lowest BCUT2D eigenvalue weighted by Crippen LogP contribution is -2.19. The van der Waals surface area contributed by atoms with Crippen molar-refractivity contribution in [2.24, 2.45) is 4.99 Å². The summed E-state index contributed by atoms with van der Waals surface area (Å²) < 4.78 is 6.72. The molecule has 4 aromatic rings. The number of fused-ring (bicyclic) bond motifs is 1. The Hall–Kier alpha value is -3.25. The van der Waals surface area contributed by atoms with Crippen LogP contribution in [0.2, 0.25) is 5.02 Å². The summed E-state index contributed by atoms with van der Waals surface area (Å²) in [5.74, 6) is 0.742. The average Bonchev–Trinajstić information content (AvgIpc) is 3.27. The van der Waals surface area contributed by atoms with Crippen LogP contribution in [0, 0.1) is 6.92 Å². The number of aliphatic imine (C=N–C) groups is 1. The van der Waals surface area contributed by atoms with Gasteiger partial charge in [-0.25, -0.2) is 4.68 Å². The molecule has 2 N–H and O–H groups in total. The van der Waals surface area contributed by atoms with E-state index in [1.807, 2.05) is 62.5 Å². The Morgan fingerprint density at radius 3 is 2.70 bits per heavy atom. The number of nitrogens with one attached hydrogen (secondary N) is 2. The molecule has 4 rings (SSSR count). The van der Waals surface area contributed by atoms with Gasteiger partial charge in [0.05, 0.1) is 18.4 Å². The molecule has 2 aromatic carbocycles. The van der Waals surface area contributed by atoms with Crippen LogP contribution in [0.25, 0.3) is 16.6 Å². The first-order valence-electron chi connectivity index (χ1n) is 9.71. The number of benzene rings is 2. The van der Waals surface area contributed by atoms with E-state index in [1.54, 1.807) is 7.11 Å². The van der Waals surface area contributed by atoms with Gasteiger partial charge in [-0.2, -0.15) is 0 Å². The maximum Gasteiger partial charge on any atom is 0.280 e. The van der Waals surface area contributed by atoms with E-state index in [0.29, 0.717) is 17.1 Å². The molecule has 7 heteroatoms.